The van der Waals surface area contributed by atoms with E-state index < -0.39 is 0 Å². The first-order valence-electron chi connectivity index (χ1n) is 8.73. The van der Waals surface area contributed by atoms with E-state index in [4.69, 9.17) is 10.5 Å². The summed E-state index contributed by atoms with van der Waals surface area (Å²) in [5.74, 6) is 2.30. The molecule has 5 heteroatoms. The summed E-state index contributed by atoms with van der Waals surface area (Å²) in [7, 11) is 0. The van der Waals surface area contributed by atoms with Crippen LogP contribution in [0.1, 0.15) is 37.8 Å². The van der Waals surface area contributed by atoms with Crippen LogP contribution in [0.2, 0.25) is 0 Å². The van der Waals surface area contributed by atoms with Crippen molar-refractivity contribution in [2.75, 3.05) is 32.8 Å². The molecule has 2 unspecified atom stereocenters. The van der Waals surface area contributed by atoms with Crippen molar-refractivity contribution in [2.24, 2.45) is 16.6 Å². The maximum Gasteiger partial charge on any atom is 0.189 e. The number of ether oxygens (including phenoxy) is 1. The van der Waals surface area contributed by atoms with Gasteiger partial charge in [-0.1, -0.05) is 25.1 Å². The lowest BCUT2D eigenvalue weighted by Gasteiger charge is -2.30. The third-order valence-electron chi connectivity index (χ3n) is 4.72. The molecule has 0 saturated carbocycles. The number of nitrogens with one attached hydrogen (secondary N) is 1. The lowest BCUT2D eigenvalue weighted by Crippen LogP contribution is -2.39. The molecular formula is C18H28N4O. The van der Waals surface area contributed by atoms with E-state index in [2.05, 4.69) is 28.2 Å². The summed E-state index contributed by atoms with van der Waals surface area (Å²) < 4.78 is 5.68. The molecule has 1 saturated heterocycles. The van der Waals surface area contributed by atoms with Crippen LogP contribution in [-0.2, 0) is 0 Å². The highest BCUT2D eigenvalue weighted by atomic mass is 16.5. The summed E-state index contributed by atoms with van der Waals surface area (Å²) in [5.41, 5.74) is 7.25. The van der Waals surface area contributed by atoms with Gasteiger partial charge >= 0.3 is 0 Å². The third-order valence-corrected chi connectivity index (χ3v) is 4.72. The van der Waals surface area contributed by atoms with Crippen LogP contribution in [0.25, 0.3) is 0 Å². The number of fused-ring (bicyclic) bond motifs is 1. The number of nitrogens with zero attached hydrogens (tertiary/aromatic N) is 2. The van der Waals surface area contributed by atoms with Gasteiger partial charge in [0.25, 0.3) is 0 Å². The minimum Gasteiger partial charge on any atom is -0.493 e. The monoisotopic (exact) mass is 316 g/mol. The molecule has 23 heavy (non-hydrogen) atoms. The molecule has 0 aromatic heterocycles. The van der Waals surface area contributed by atoms with Crippen LogP contribution >= 0.6 is 0 Å². The molecule has 5 nitrogen and oxygen atoms in total. The maximum absolute atomic E-state index is 6.08. The Morgan fingerprint density at radius 3 is 3.13 bits per heavy atom. The normalized spacial score (nSPS) is 25.5. The van der Waals surface area contributed by atoms with E-state index >= 15 is 0 Å². The lowest BCUT2D eigenvalue weighted by atomic mass is 10.0. The SMILES string of the molecule is CC1CCCN(CCN=C(N)NC2CCOc3ccccc32)C1. The van der Waals surface area contributed by atoms with Crippen LogP contribution in [0, 0.1) is 5.92 Å². The lowest BCUT2D eigenvalue weighted by molar-refractivity contribution is 0.189. The highest BCUT2D eigenvalue weighted by molar-refractivity contribution is 5.78. The largest absolute Gasteiger partial charge is 0.493 e. The molecular weight excluding hydrogens is 288 g/mol. The van der Waals surface area contributed by atoms with Crippen molar-refractivity contribution >= 4 is 5.96 Å². The van der Waals surface area contributed by atoms with Crippen molar-refractivity contribution in [3.63, 3.8) is 0 Å². The fourth-order valence-corrected chi connectivity index (χ4v) is 3.52. The van der Waals surface area contributed by atoms with Gasteiger partial charge in [-0.25, -0.2) is 0 Å². The Labute approximate surface area is 138 Å². The van der Waals surface area contributed by atoms with E-state index in [-0.39, 0.29) is 6.04 Å². The minimum atomic E-state index is 0.193. The number of rotatable bonds is 4. The van der Waals surface area contributed by atoms with E-state index in [1.807, 2.05) is 18.2 Å². The molecule has 0 bridgehead atoms. The molecule has 0 radical (unpaired) electrons. The summed E-state index contributed by atoms with van der Waals surface area (Å²) in [6, 6.07) is 8.33. The molecule has 2 atom stereocenters. The van der Waals surface area contributed by atoms with Crippen molar-refractivity contribution in [3.05, 3.63) is 29.8 Å². The molecule has 2 heterocycles. The van der Waals surface area contributed by atoms with Crippen molar-refractivity contribution < 1.29 is 4.74 Å². The quantitative estimate of drug-likeness (QED) is 0.660. The van der Waals surface area contributed by atoms with Gasteiger partial charge in [0.2, 0.25) is 0 Å². The van der Waals surface area contributed by atoms with Crippen LogP contribution in [0.15, 0.2) is 29.3 Å². The summed E-state index contributed by atoms with van der Waals surface area (Å²) in [6.07, 6.45) is 3.57. The van der Waals surface area contributed by atoms with Gasteiger partial charge in [-0.15, -0.1) is 0 Å². The zero-order chi connectivity index (χ0) is 16.1. The summed E-state index contributed by atoms with van der Waals surface area (Å²) in [6.45, 7) is 7.19. The first-order valence-corrected chi connectivity index (χ1v) is 8.73. The Balaban J connectivity index is 1.50. The van der Waals surface area contributed by atoms with E-state index in [0.29, 0.717) is 12.6 Å². The van der Waals surface area contributed by atoms with Crippen LogP contribution in [0.5, 0.6) is 5.75 Å². The predicted molar refractivity (Wildman–Crippen MR) is 93.8 cm³/mol. The first kappa shape index (κ1) is 16.1. The van der Waals surface area contributed by atoms with E-state index in [1.165, 1.54) is 31.5 Å². The Kier molecular flexibility index (Phi) is 5.39. The zero-order valence-corrected chi connectivity index (χ0v) is 14.0. The molecule has 1 aromatic carbocycles. The van der Waals surface area contributed by atoms with E-state index in [1.54, 1.807) is 0 Å². The van der Waals surface area contributed by atoms with Gasteiger partial charge in [0.1, 0.15) is 5.75 Å². The van der Waals surface area contributed by atoms with Crippen molar-refractivity contribution in [1.29, 1.82) is 0 Å². The van der Waals surface area contributed by atoms with E-state index in [0.717, 1.165) is 31.2 Å². The highest BCUT2D eigenvalue weighted by Gasteiger charge is 2.21. The number of guanidine groups is 1. The second-order valence-corrected chi connectivity index (χ2v) is 6.69. The number of nitrogens with two attached hydrogens (primary N) is 1. The average Bonchev–Trinajstić information content (AvgIpc) is 2.55. The van der Waals surface area contributed by atoms with Crippen LogP contribution in [0.4, 0.5) is 0 Å². The maximum atomic E-state index is 6.08. The molecule has 0 aliphatic carbocycles. The van der Waals surface area contributed by atoms with Gasteiger partial charge in [-0.3, -0.25) is 4.99 Å². The van der Waals surface area contributed by atoms with Crippen molar-refractivity contribution in [1.82, 2.24) is 10.2 Å². The first-order chi connectivity index (χ1) is 11.2. The van der Waals surface area contributed by atoms with Gasteiger partial charge in [-0.2, -0.15) is 0 Å². The number of likely N-dealkylation sites (tertiary alicyclic amines) is 1. The number of hydrogen-bond acceptors (Lipinski definition) is 3. The van der Waals surface area contributed by atoms with Crippen LogP contribution < -0.4 is 15.8 Å². The summed E-state index contributed by atoms with van der Waals surface area (Å²) >= 11 is 0. The topological polar surface area (TPSA) is 62.9 Å². The number of para-hydroxylation sites is 1. The van der Waals surface area contributed by atoms with Gasteiger partial charge in [-0.05, 0) is 31.4 Å². The number of aliphatic imine (C=N–C) groups is 1. The molecule has 2 aliphatic heterocycles. The van der Waals surface area contributed by atoms with Crippen molar-refractivity contribution in [3.8, 4) is 5.75 Å². The Morgan fingerprint density at radius 1 is 1.39 bits per heavy atom. The van der Waals surface area contributed by atoms with Gasteiger partial charge in [0.15, 0.2) is 5.96 Å². The minimum absolute atomic E-state index is 0.193. The van der Waals surface area contributed by atoms with Crippen molar-refractivity contribution in [2.45, 2.75) is 32.2 Å². The summed E-state index contributed by atoms with van der Waals surface area (Å²) in [4.78, 5) is 7.01. The molecule has 1 fully saturated rings. The van der Waals surface area contributed by atoms with E-state index in [9.17, 15) is 0 Å². The summed E-state index contributed by atoms with van der Waals surface area (Å²) in [5, 5.41) is 3.35. The third kappa shape index (κ3) is 4.38. The average molecular weight is 316 g/mol. The predicted octanol–water partition coefficient (Wildman–Crippen LogP) is 2.15. The molecule has 3 N–H and O–H groups in total. The number of benzene rings is 1. The molecule has 3 rings (SSSR count). The fourth-order valence-electron chi connectivity index (χ4n) is 3.52. The number of hydrogen-bond donors (Lipinski definition) is 2. The molecule has 0 spiro atoms. The fraction of sp³-hybridized carbons (Fsp3) is 0.611. The molecule has 0 amide bonds. The smallest absolute Gasteiger partial charge is 0.189 e. The molecule has 1 aromatic rings. The Bertz CT molecular complexity index is 546. The number of piperidine rings is 1. The van der Waals surface area contributed by atoms with Crippen LogP contribution in [-0.4, -0.2) is 43.6 Å². The van der Waals surface area contributed by atoms with Gasteiger partial charge in [0, 0.05) is 25.1 Å². The Hall–Kier alpha value is -1.75. The Morgan fingerprint density at radius 2 is 2.26 bits per heavy atom. The zero-order valence-electron chi connectivity index (χ0n) is 14.0. The molecule has 2 aliphatic rings. The highest BCUT2D eigenvalue weighted by Crippen LogP contribution is 2.31. The second-order valence-electron chi connectivity index (χ2n) is 6.69. The van der Waals surface area contributed by atoms with Gasteiger partial charge in [0.05, 0.1) is 19.2 Å². The van der Waals surface area contributed by atoms with Crippen LogP contribution in [0.3, 0.4) is 0 Å². The second kappa shape index (κ2) is 7.68. The van der Waals surface area contributed by atoms with Gasteiger partial charge < -0.3 is 20.7 Å². The standard InChI is InChI=1S/C18H28N4O/c1-14-5-4-10-22(13-14)11-9-20-18(19)21-16-8-12-23-17-7-3-2-6-15(16)17/h2-3,6-7,14,16H,4-5,8-13H2,1H3,(H3,19,20,21). The molecule has 126 valence electrons.